The number of hydrogen-bond acceptors (Lipinski definition) is 2. The van der Waals surface area contributed by atoms with Crippen LogP contribution in [0.5, 0.6) is 0 Å². The van der Waals surface area contributed by atoms with E-state index < -0.39 is 0 Å². The SMILES string of the molecule is C[C@H]1C=C(N(C2=CC=CCC2)C2=C3CC[C@H]4CC=C(N(C5=CC=CCC5)C5C=CCCC5)C5=C4[C@H]3C(C=C2)CC5)C=CC1. The third-order valence-electron chi connectivity index (χ3n) is 11.3. The van der Waals surface area contributed by atoms with E-state index in [0.29, 0.717) is 29.7 Å². The number of nitrogens with zero attached hydrogens (tertiary/aromatic N) is 2. The molecule has 8 aliphatic rings. The van der Waals surface area contributed by atoms with Gasteiger partial charge in [-0.15, -0.1) is 0 Å². The molecule has 43 heavy (non-hydrogen) atoms. The van der Waals surface area contributed by atoms with Crippen LogP contribution >= 0.6 is 0 Å². The van der Waals surface area contributed by atoms with Crippen molar-refractivity contribution >= 4 is 0 Å². The first-order valence-electron chi connectivity index (χ1n) is 17.5. The Morgan fingerprint density at radius 1 is 0.767 bits per heavy atom. The van der Waals surface area contributed by atoms with Gasteiger partial charge in [0.25, 0.3) is 0 Å². The normalized spacial score (nSPS) is 32.6. The number of rotatable bonds is 6. The van der Waals surface area contributed by atoms with Gasteiger partial charge in [-0.2, -0.15) is 0 Å². The summed E-state index contributed by atoms with van der Waals surface area (Å²) in [7, 11) is 0. The lowest BCUT2D eigenvalue weighted by Crippen LogP contribution is -2.41. The van der Waals surface area contributed by atoms with E-state index in [-0.39, 0.29) is 0 Å². The maximum atomic E-state index is 2.81. The van der Waals surface area contributed by atoms with Gasteiger partial charge in [-0.1, -0.05) is 73.3 Å². The second-order valence-corrected chi connectivity index (χ2v) is 14.0. The van der Waals surface area contributed by atoms with Crippen LogP contribution in [0, 0.1) is 23.7 Å². The van der Waals surface area contributed by atoms with Crippen LogP contribution in [-0.2, 0) is 0 Å². The molecule has 0 aromatic heterocycles. The van der Waals surface area contributed by atoms with E-state index >= 15 is 0 Å². The zero-order valence-corrected chi connectivity index (χ0v) is 26.1. The van der Waals surface area contributed by atoms with Gasteiger partial charge in [0.05, 0.1) is 6.04 Å². The second kappa shape index (κ2) is 11.7. The summed E-state index contributed by atoms with van der Waals surface area (Å²) in [6, 6.07) is 0.495. The molecule has 2 nitrogen and oxygen atoms in total. The third kappa shape index (κ3) is 4.95. The molecule has 0 aliphatic heterocycles. The van der Waals surface area contributed by atoms with Gasteiger partial charge in [0.15, 0.2) is 0 Å². The molecule has 2 heteroatoms. The van der Waals surface area contributed by atoms with Crippen molar-refractivity contribution in [3.8, 4) is 0 Å². The Labute approximate surface area is 259 Å². The summed E-state index contributed by atoms with van der Waals surface area (Å²) in [4.78, 5) is 5.48. The lowest BCUT2D eigenvalue weighted by Gasteiger charge is -2.50. The van der Waals surface area contributed by atoms with Gasteiger partial charge in [0.1, 0.15) is 0 Å². The molecule has 0 N–H and O–H groups in total. The topological polar surface area (TPSA) is 6.48 Å². The van der Waals surface area contributed by atoms with Crippen LogP contribution in [-0.4, -0.2) is 15.8 Å². The number of allylic oxidation sites excluding steroid dienone is 18. The fourth-order valence-electron chi connectivity index (χ4n) is 9.35. The average molecular weight is 569 g/mol. The molecular formula is C41H48N2. The minimum atomic E-state index is 0.495. The quantitative estimate of drug-likeness (QED) is 0.294. The molecule has 0 aromatic rings. The van der Waals surface area contributed by atoms with Crippen LogP contribution in [0.3, 0.4) is 0 Å². The largest absolute Gasteiger partial charge is 0.338 e. The molecule has 0 aromatic carbocycles. The van der Waals surface area contributed by atoms with Crippen molar-refractivity contribution in [1.29, 1.82) is 0 Å². The molecule has 0 radical (unpaired) electrons. The van der Waals surface area contributed by atoms with E-state index in [9.17, 15) is 0 Å². The summed E-state index contributed by atoms with van der Waals surface area (Å²) in [6.45, 7) is 2.37. The van der Waals surface area contributed by atoms with E-state index in [1.165, 1.54) is 74.2 Å². The fourth-order valence-corrected chi connectivity index (χ4v) is 9.35. The summed E-state index contributed by atoms with van der Waals surface area (Å²) < 4.78 is 0. The van der Waals surface area contributed by atoms with E-state index in [1.807, 2.05) is 5.57 Å². The summed E-state index contributed by atoms with van der Waals surface area (Å²) in [5.41, 5.74) is 12.7. The smallest absolute Gasteiger partial charge is 0.0519 e. The van der Waals surface area contributed by atoms with E-state index in [4.69, 9.17) is 0 Å². The molecule has 2 unspecified atom stereocenters. The molecule has 0 bridgehead atoms. The van der Waals surface area contributed by atoms with Crippen molar-refractivity contribution in [2.75, 3.05) is 0 Å². The van der Waals surface area contributed by atoms with Gasteiger partial charge in [-0.25, -0.2) is 0 Å². The monoisotopic (exact) mass is 568 g/mol. The summed E-state index contributed by atoms with van der Waals surface area (Å²) >= 11 is 0. The minimum Gasteiger partial charge on any atom is -0.338 e. The van der Waals surface area contributed by atoms with E-state index in [1.54, 1.807) is 16.8 Å². The molecule has 0 saturated heterocycles. The van der Waals surface area contributed by atoms with Crippen molar-refractivity contribution in [3.63, 3.8) is 0 Å². The lowest BCUT2D eigenvalue weighted by atomic mass is 9.58. The van der Waals surface area contributed by atoms with Gasteiger partial charge < -0.3 is 9.80 Å². The van der Waals surface area contributed by atoms with Crippen molar-refractivity contribution in [2.45, 2.75) is 96.4 Å². The molecule has 0 heterocycles. The van der Waals surface area contributed by atoms with Crippen molar-refractivity contribution in [3.05, 3.63) is 130 Å². The first kappa shape index (κ1) is 27.3. The Hall–Kier alpha value is -3.26. The minimum absolute atomic E-state index is 0.495. The van der Waals surface area contributed by atoms with Gasteiger partial charge in [0, 0.05) is 34.4 Å². The Kier molecular flexibility index (Phi) is 7.41. The van der Waals surface area contributed by atoms with Crippen LogP contribution in [0.1, 0.15) is 90.4 Å². The molecule has 222 valence electrons. The molecule has 1 saturated carbocycles. The maximum absolute atomic E-state index is 2.81. The van der Waals surface area contributed by atoms with Crippen LogP contribution in [0.25, 0.3) is 0 Å². The van der Waals surface area contributed by atoms with Crippen molar-refractivity contribution in [2.24, 2.45) is 23.7 Å². The first-order chi connectivity index (χ1) is 21.3. The second-order valence-electron chi connectivity index (χ2n) is 14.0. The van der Waals surface area contributed by atoms with Gasteiger partial charge >= 0.3 is 0 Å². The van der Waals surface area contributed by atoms with Gasteiger partial charge in [-0.05, 0) is 137 Å². The molecular weight excluding hydrogens is 520 g/mol. The van der Waals surface area contributed by atoms with Crippen molar-refractivity contribution in [1.82, 2.24) is 9.80 Å². The molecule has 0 spiro atoms. The third-order valence-corrected chi connectivity index (χ3v) is 11.3. The summed E-state index contributed by atoms with van der Waals surface area (Å²) in [6.07, 6.45) is 49.9. The molecule has 8 aliphatic carbocycles. The van der Waals surface area contributed by atoms with Crippen LogP contribution in [0.15, 0.2) is 130 Å². The Bertz CT molecular complexity index is 1490. The average Bonchev–Trinajstić information content (AvgIpc) is 3.06. The van der Waals surface area contributed by atoms with Gasteiger partial charge in [-0.3, -0.25) is 0 Å². The maximum Gasteiger partial charge on any atom is 0.0519 e. The molecule has 5 atom stereocenters. The number of hydrogen-bond donors (Lipinski definition) is 0. The summed E-state index contributed by atoms with van der Waals surface area (Å²) in [5.74, 6) is 2.52. The van der Waals surface area contributed by atoms with Crippen molar-refractivity contribution < 1.29 is 0 Å². The van der Waals surface area contributed by atoms with Crippen LogP contribution in [0.2, 0.25) is 0 Å². The van der Waals surface area contributed by atoms with Gasteiger partial charge in [0.2, 0.25) is 0 Å². The zero-order valence-electron chi connectivity index (χ0n) is 26.1. The molecule has 1 fully saturated rings. The predicted octanol–water partition coefficient (Wildman–Crippen LogP) is 10.5. The highest BCUT2D eigenvalue weighted by molar-refractivity contribution is 5.53. The standard InChI is InChI=1S/C41H48N2/c1-29-12-11-19-35(28-29)43(34-17-9-4-10-18-34)39-27-23-31-20-24-36-38(26-22-30-21-25-37(39)41(31)40(30)36)42(32-13-5-2-6-14-32)33-15-7-3-8-16-33/h2,4-5,7,9,11,13,15,17,19,23,26-31,33,41H,3,6,8,10,12,14,16,18,20-22,24-25H2,1H3/t29-,30+,31?,33?,41+/m1/s1. The highest BCUT2D eigenvalue weighted by Crippen LogP contribution is 2.57. The Balaban J connectivity index is 1.24. The van der Waals surface area contributed by atoms with Crippen LogP contribution < -0.4 is 0 Å². The lowest BCUT2D eigenvalue weighted by molar-refractivity contribution is 0.287. The predicted molar refractivity (Wildman–Crippen MR) is 179 cm³/mol. The van der Waals surface area contributed by atoms with E-state index in [0.717, 1.165) is 32.1 Å². The molecule has 0 amide bonds. The summed E-state index contributed by atoms with van der Waals surface area (Å²) in [5, 5.41) is 0. The zero-order chi connectivity index (χ0) is 28.8. The Morgan fingerprint density at radius 2 is 1.63 bits per heavy atom. The Morgan fingerprint density at radius 3 is 2.40 bits per heavy atom. The highest BCUT2D eigenvalue weighted by atomic mass is 15.2. The van der Waals surface area contributed by atoms with Crippen LogP contribution in [0.4, 0.5) is 0 Å². The molecule has 8 rings (SSSR count). The van der Waals surface area contributed by atoms with E-state index in [2.05, 4.69) is 102 Å². The highest BCUT2D eigenvalue weighted by Gasteiger charge is 2.45. The first-order valence-corrected chi connectivity index (χ1v) is 17.5. The fraction of sp³-hybridized carbons (Fsp3) is 0.463.